The van der Waals surface area contributed by atoms with Crippen LogP contribution in [0, 0.1) is 0 Å². The molecule has 5 rings (SSSR count). The zero-order chi connectivity index (χ0) is 30.7. The topological polar surface area (TPSA) is 80.8 Å². The van der Waals surface area contributed by atoms with Crippen molar-refractivity contribution >= 4 is 41.1 Å². The molecule has 0 saturated heterocycles. The molecule has 5 aromatic rings. The molecule has 0 aliphatic rings. The van der Waals surface area contributed by atoms with Crippen molar-refractivity contribution in [2.45, 2.75) is 25.1 Å². The van der Waals surface area contributed by atoms with Crippen LogP contribution in [0.1, 0.15) is 0 Å². The summed E-state index contributed by atoms with van der Waals surface area (Å²) in [6, 6.07) is 35.4. The van der Waals surface area contributed by atoms with Crippen LogP contribution in [0.5, 0.6) is 0 Å². The molecular formula is C31H26F3NO5S3. The SMILES string of the molecule is O=S(=O)(OCCN(S(c1ccccc1)(c1ccccc1)c1ccccc1)S(=O)(=O)C(F)(F)F)c1cccc2ccccc12. The number of hydrogen-bond donors (Lipinski definition) is 0. The summed E-state index contributed by atoms with van der Waals surface area (Å²) in [6.45, 7) is -1.79. The van der Waals surface area contributed by atoms with Gasteiger partial charge in [0, 0.05) is 26.6 Å². The highest BCUT2D eigenvalue weighted by atomic mass is 32.3. The van der Waals surface area contributed by atoms with Crippen LogP contribution in [0.2, 0.25) is 0 Å². The van der Waals surface area contributed by atoms with Crippen LogP contribution >= 0.6 is 10.2 Å². The standard InChI is InChI=1S/C31H26F3NO5S3/c32-31(33,34)43(38,39)35(23-24-40-42(36,37)30-22-12-14-25-13-10-11-21-29(25)30)41(26-15-4-1-5-16-26,27-17-6-2-7-18-27)28-19-8-3-9-20-28/h1-22H,23-24H2. The molecule has 0 aromatic heterocycles. The molecule has 224 valence electrons. The van der Waals surface area contributed by atoms with Gasteiger partial charge in [0.25, 0.3) is 10.1 Å². The van der Waals surface area contributed by atoms with Gasteiger partial charge < -0.3 is 0 Å². The molecule has 0 bridgehead atoms. The van der Waals surface area contributed by atoms with Gasteiger partial charge in [-0.15, -0.1) is 3.71 Å². The van der Waals surface area contributed by atoms with Crippen molar-refractivity contribution < 1.29 is 34.2 Å². The maximum absolute atomic E-state index is 14.5. The third-order valence-electron chi connectivity index (χ3n) is 6.65. The van der Waals surface area contributed by atoms with Gasteiger partial charge in [-0.2, -0.15) is 21.6 Å². The number of halogens is 3. The second kappa shape index (κ2) is 12.1. The third-order valence-corrected chi connectivity index (χ3v) is 14.2. The van der Waals surface area contributed by atoms with Gasteiger partial charge in [-0.1, -0.05) is 101 Å². The number of nitrogens with zero attached hydrogens (tertiary/aromatic N) is 1. The molecule has 0 aliphatic carbocycles. The molecule has 0 saturated carbocycles. The van der Waals surface area contributed by atoms with Crippen LogP contribution in [0.4, 0.5) is 13.2 Å². The first-order chi connectivity index (χ1) is 20.5. The second-order valence-electron chi connectivity index (χ2n) is 9.25. The van der Waals surface area contributed by atoms with Crippen LogP contribution in [0.15, 0.2) is 153 Å². The van der Waals surface area contributed by atoms with Crippen LogP contribution < -0.4 is 0 Å². The quantitative estimate of drug-likeness (QED) is 0.146. The van der Waals surface area contributed by atoms with Gasteiger partial charge in [0.15, 0.2) is 0 Å². The largest absolute Gasteiger partial charge is 0.512 e. The van der Waals surface area contributed by atoms with Crippen LogP contribution in [-0.2, 0) is 24.3 Å². The first-order valence-corrected chi connectivity index (χ1v) is 17.4. The average molecular weight is 646 g/mol. The normalized spacial score (nSPS) is 13.3. The van der Waals surface area contributed by atoms with Gasteiger partial charge in [0.1, 0.15) is 4.90 Å². The molecule has 5 aromatic carbocycles. The third kappa shape index (κ3) is 5.80. The molecule has 0 fully saturated rings. The summed E-state index contributed by atoms with van der Waals surface area (Å²) >= 11 is 0. The summed E-state index contributed by atoms with van der Waals surface area (Å²) in [5, 5.41) is 0.983. The highest BCUT2D eigenvalue weighted by Gasteiger charge is 2.56. The van der Waals surface area contributed by atoms with E-state index in [1.165, 1.54) is 12.1 Å². The summed E-state index contributed by atoms with van der Waals surface area (Å²) < 4.78 is 103. The number of alkyl halides is 3. The minimum atomic E-state index is -6.06. The molecule has 0 atom stereocenters. The molecule has 0 unspecified atom stereocenters. The van der Waals surface area contributed by atoms with Crippen molar-refractivity contribution in [3.8, 4) is 0 Å². The Labute approximate surface area is 250 Å². The van der Waals surface area contributed by atoms with E-state index in [0.29, 0.717) is 29.2 Å². The zero-order valence-corrected chi connectivity index (χ0v) is 24.9. The zero-order valence-electron chi connectivity index (χ0n) is 22.5. The van der Waals surface area contributed by atoms with E-state index in [2.05, 4.69) is 0 Å². The Morgan fingerprint density at radius 1 is 0.581 bits per heavy atom. The number of sulfonamides is 1. The monoisotopic (exact) mass is 645 g/mol. The van der Waals surface area contributed by atoms with Crippen molar-refractivity contribution in [3.63, 3.8) is 0 Å². The minimum absolute atomic E-state index is 0.177. The molecule has 0 radical (unpaired) electrons. The highest BCUT2D eigenvalue weighted by molar-refractivity contribution is 8.36. The van der Waals surface area contributed by atoms with Gasteiger partial charge >= 0.3 is 15.5 Å². The van der Waals surface area contributed by atoms with Crippen LogP contribution in [-0.4, -0.2) is 39.2 Å². The van der Waals surface area contributed by atoms with Crippen molar-refractivity contribution in [2.75, 3.05) is 13.2 Å². The maximum Gasteiger partial charge on any atom is 0.512 e. The molecule has 43 heavy (non-hydrogen) atoms. The van der Waals surface area contributed by atoms with E-state index >= 15 is 0 Å². The summed E-state index contributed by atoms with van der Waals surface area (Å²) in [5.41, 5.74) is -5.70. The fourth-order valence-corrected chi connectivity index (χ4v) is 12.2. The average Bonchev–Trinajstić information content (AvgIpc) is 3.01. The smallest absolute Gasteiger partial charge is 0.265 e. The lowest BCUT2D eigenvalue weighted by Crippen LogP contribution is -2.44. The van der Waals surface area contributed by atoms with Gasteiger partial charge in [-0.25, -0.2) is 8.42 Å². The summed E-state index contributed by atoms with van der Waals surface area (Å²) in [5.74, 6) is 0. The Hall–Kier alpha value is -3.68. The van der Waals surface area contributed by atoms with Crippen LogP contribution in [0.25, 0.3) is 10.8 Å². The number of hydrogen-bond acceptors (Lipinski definition) is 5. The molecule has 0 amide bonds. The van der Waals surface area contributed by atoms with Crippen LogP contribution in [0.3, 0.4) is 0 Å². The van der Waals surface area contributed by atoms with E-state index < -0.39 is 49.0 Å². The van der Waals surface area contributed by atoms with Gasteiger partial charge in [-0.05, 0) is 47.9 Å². The first kappa shape index (κ1) is 30.8. The summed E-state index contributed by atoms with van der Waals surface area (Å²) in [7, 11) is -13.9. The molecule has 0 N–H and O–H groups in total. The molecule has 0 spiro atoms. The fraction of sp³-hybridized carbons (Fsp3) is 0.0968. The van der Waals surface area contributed by atoms with Gasteiger partial charge in [0.2, 0.25) is 0 Å². The molecule has 12 heteroatoms. The summed E-state index contributed by atoms with van der Waals surface area (Å²) in [6.07, 6.45) is 0. The van der Waals surface area contributed by atoms with Crippen molar-refractivity contribution in [3.05, 3.63) is 133 Å². The first-order valence-electron chi connectivity index (χ1n) is 12.9. The summed E-state index contributed by atoms with van der Waals surface area (Å²) in [4.78, 5) is 0.732. The van der Waals surface area contributed by atoms with E-state index in [1.54, 1.807) is 121 Å². The van der Waals surface area contributed by atoms with Crippen molar-refractivity contribution in [1.29, 1.82) is 0 Å². The molecule has 0 heterocycles. The van der Waals surface area contributed by atoms with Crippen molar-refractivity contribution in [1.82, 2.24) is 3.71 Å². The number of benzene rings is 5. The lowest BCUT2D eigenvalue weighted by Gasteiger charge is -2.48. The Balaban J connectivity index is 1.68. The minimum Gasteiger partial charge on any atom is -0.265 e. The van der Waals surface area contributed by atoms with E-state index in [-0.39, 0.29) is 4.90 Å². The predicted molar refractivity (Wildman–Crippen MR) is 160 cm³/mol. The number of fused-ring (bicyclic) bond motifs is 1. The number of rotatable bonds is 10. The highest BCUT2D eigenvalue weighted by Crippen LogP contribution is 2.72. The predicted octanol–water partition coefficient (Wildman–Crippen LogP) is 7.59. The van der Waals surface area contributed by atoms with E-state index in [4.69, 9.17) is 4.18 Å². The Kier molecular flexibility index (Phi) is 8.68. The van der Waals surface area contributed by atoms with E-state index in [1.807, 2.05) is 0 Å². The van der Waals surface area contributed by atoms with E-state index in [0.717, 1.165) is 0 Å². The van der Waals surface area contributed by atoms with Gasteiger partial charge in [0.05, 0.1) is 6.61 Å². The van der Waals surface area contributed by atoms with Crippen molar-refractivity contribution in [2.24, 2.45) is 0 Å². The molecular weight excluding hydrogens is 620 g/mol. The van der Waals surface area contributed by atoms with E-state index in [9.17, 15) is 30.0 Å². The maximum atomic E-state index is 14.5. The Morgan fingerprint density at radius 2 is 1.02 bits per heavy atom. The Bertz CT molecular complexity index is 1820. The lowest BCUT2D eigenvalue weighted by atomic mass is 10.1. The molecule has 6 nitrogen and oxygen atoms in total. The fourth-order valence-electron chi connectivity index (χ4n) is 4.83. The van der Waals surface area contributed by atoms with Gasteiger partial charge in [-0.3, -0.25) is 4.18 Å². The lowest BCUT2D eigenvalue weighted by molar-refractivity contribution is -0.0469. The Morgan fingerprint density at radius 3 is 1.51 bits per heavy atom. The second-order valence-corrected chi connectivity index (χ2v) is 15.9. The molecule has 0 aliphatic heterocycles.